The number of ether oxygens (including phenoxy) is 2. The zero-order chi connectivity index (χ0) is 19.1. The summed E-state index contributed by atoms with van der Waals surface area (Å²) in [5.74, 6) is 1.14. The fourth-order valence-electron chi connectivity index (χ4n) is 4.79. The molecule has 0 aromatic carbocycles. The van der Waals surface area contributed by atoms with Crippen molar-refractivity contribution >= 4 is 17.7 Å². The Morgan fingerprint density at radius 3 is 2.81 bits per heavy atom. The quantitative estimate of drug-likeness (QED) is 0.370. The molecule has 0 spiro atoms. The van der Waals surface area contributed by atoms with Gasteiger partial charge in [-0.3, -0.25) is 14.6 Å². The van der Waals surface area contributed by atoms with Crippen molar-refractivity contribution in [3.63, 3.8) is 0 Å². The number of esters is 1. The van der Waals surface area contributed by atoms with E-state index in [0.717, 1.165) is 25.7 Å². The van der Waals surface area contributed by atoms with E-state index in [1.807, 2.05) is 0 Å². The average molecular weight is 388 g/mol. The molecule has 2 heterocycles. The molecule has 1 aromatic heterocycles. The minimum Gasteiger partial charge on any atom is -0.490 e. The summed E-state index contributed by atoms with van der Waals surface area (Å²) in [6.07, 6.45) is 5.22. The van der Waals surface area contributed by atoms with E-state index in [1.54, 1.807) is 0 Å². The number of thioether (sulfide) groups is 1. The Morgan fingerprint density at radius 1 is 1.30 bits per heavy atom. The topological polar surface area (TPSA) is 81.3 Å². The van der Waals surface area contributed by atoms with Crippen LogP contribution in [0, 0.1) is 23.7 Å². The summed E-state index contributed by atoms with van der Waals surface area (Å²) >= 11 is 1.38. The van der Waals surface area contributed by atoms with E-state index in [-0.39, 0.29) is 41.1 Å². The second-order valence-electron chi connectivity index (χ2n) is 7.59. The van der Waals surface area contributed by atoms with Crippen LogP contribution in [0.15, 0.2) is 40.5 Å². The van der Waals surface area contributed by atoms with Gasteiger partial charge in [-0.1, -0.05) is 36.1 Å². The molecule has 1 aliphatic heterocycles. The summed E-state index contributed by atoms with van der Waals surface area (Å²) in [4.78, 5) is 31.4. The molecule has 5 atom stereocenters. The summed E-state index contributed by atoms with van der Waals surface area (Å²) in [6, 6.07) is 0. The first kappa shape index (κ1) is 18.3. The molecule has 0 bridgehead atoms. The lowest BCUT2D eigenvalue weighted by molar-refractivity contribution is -0.145. The lowest BCUT2D eigenvalue weighted by Gasteiger charge is -2.26. The number of allylic oxidation sites excluding steroid dienone is 1. The van der Waals surface area contributed by atoms with Gasteiger partial charge in [-0.05, 0) is 31.6 Å². The van der Waals surface area contributed by atoms with Crippen molar-refractivity contribution < 1.29 is 14.3 Å². The van der Waals surface area contributed by atoms with E-state index >= 15 is 0 Å². The van der Waals surface area contributed by atoms with Gasteiger partial charge in [-0.25, -0.2) is 4.98 Å². The Bertz CT molecular complexity index is 849. The molecule has 4 rings (SSSR count). The lowest BCUT2D eigenvalue weighted by atomic mass is 9.80. The predicted molar refractivity (Wildman–Crippen MR) is 103 cm³/mol. The van der Waals surface area contributed by atoms with Gasteiger partial charge in [0, 0.05) is 17.6 Å². The highest BCUT2D eigenvalue weighted by atomic mass is 32.2. The lowest BCUT2D eigenvalue weighted by Crippen LogP contribution is -2.30. The Balaban J connectivity index is 1.51. The summed E-state index contributed by atoms with van der Waals surface area (Å²) in [5, 5.41) is 0.484. The monoisotopic (exact) mass is 388 g/mol. The first-order valence-corrected chi connectivity index (χ1v) is 10.3. The highest BCUT2D eigenvalue weighted by Gasteiger charge is 2.53. The number of hydrogen-bond donors (Lipinski definition) is 1. The van der Waals surface area contributed by atoms with E-state index in [0.29, 0.717) is 16.8 Å². The fraction of sp³-hybridized carbons (Fsp3) is 0.550. The Morgan fingerprint density at radius 2 is 2.07 bits per heavy atom. The van der Waals surface area contributed by atoms with Crippen molar-refractivity contribution in [3.8, 4) is 5.75 Å². The van der Waals surface area contributed by atoms with Crippen molar-refractivity contribution in [3.05, 3.63) is 40.9 Å². The number of aromatic nitrogens is 2. The van der Waals surface area contributed by atoms with Crippen molar-refractivity contribution in [1.82, 2.24) is 9.97 Å². The molecule has 6 nitrogen and oxygen atoms in total. The molecule has 2 aliphatic carbocycles. The predicted octanol–water partition coefficient (Wildman–Crippen LogP) is 2.96. The van der Waals surface area contributed by atoms with Gasteiger partial charge in [0.1, 0.15) is 6.10 Å². The minimum absolute atomic E-state index is 0.0924. The van der Waals surface area contributed by atoms with Gasteiger partial charge in [0.15, 0.2) is 5.16 Å². The zero-order valence-electron chi connectivity index (χ0n) is 15.4. The van der Waals surface area contributed by atoms with Crippen LogP contribution in [0.25, 0.3) is 0 Å². The van der Waals surface area contributed by atoms with Crippen molar-refractivity contribution in [1.29, 1.82) is 0 Å². The van der Waals surface area contributed by atoms with Crippen LogP contribution in [0.5, 0.6) is 5.75 Å². The first-order valence-electron chi connectivity index (χ1n) is 9.31. The van der Waals surface area contributed by atoms with E-state index in [2.05, 4.69) is 23.1 Å². The summed E-state index contributed by atoms with van der Waals surface area (Å²) in [7, 11) is 1.43. The molecular weight excluding hydrogens is 364 g/mol. The van der Waals surface area contributed by atoms with Gasteiger partial charge in [-0.15, -0.1) is 0 Å². The number of nitrogens with one attached hydrogen (secondary N) is 1. The minimum atomic E-state index is -0.322. The fourth-order valence-corrected chi connectivity index (χ4v) is 5.80. The summed E-state index contributed by atoms with van der Waals surface area (Å²) < 4.78 is 10.8. The van der Waals surface area contributed by atoms with E-state index in [4.69, 9.17) is 9.47 Å². The highest BCUT2D eigenvalue weighted by molar-refractivity contribution is 7.99. The molecule has 3 fully saturated rings. The van der Waals surface area contributed by atoms with Crippen LogP contribution in [-0.4, -0.2) is 34.9 Å². The number of H-pyrrole nitrogens is 1. The van der Waals surface area contributed by atoms with Gasteiger partial charge in [-0.2, -0.15) is 0 Å². The van der Waals surface area contributed by atoms with Crippen LogP contribution in [0.2, 0.25) is 0 Å². The van der Waals surface area contributed by atoms with Crippen LogP contribution in [0.3, 0.4) is 0 Å². The Kier molecular flexibility index (Phi) is 4.88. The summed E-state index contributed by atoms with van der Waals surface area (Å²) in [5.41, 5.74) is 2.15. The van der Waals surface area contributed by atoms with Crippen LogP contribution in [0.1, 0.15) is 25.7 Å². The second kappa shape index (κ2) is 7.19. The molecular formula is C20H24N2O4S. The number of carbonyl (C=O) groups is 1. The normalized spacial score (nSPS) is 32.6. The Hall–Kier alpha value is -2.02. The molecule has 3 aliphatic rings. The summed E-state index contributed by atoms with van der Waals surface area (Å²) in [6.45, 7) is 8.54. The molecule has 144 valence electrons. The maximum Gasteiger partial charge on any atom is 0.310 e. The first-order chi connectivity index (χ1) is 13.0. The van der Waals surface area contributed by atoms with Gasteiger partial charge >= 0.3 is 5.97 Å². The number of methoxy groups -OCH3 is 1. The van der Waals surface area contributed by atoms with Crippen molar-refractivity contribution in [2.24, 2.45) is 23.7 Å². The number of rotatable bonds is 4. The molecule has 0 amide bonds. The van der Waals surface area contributed by atoms with Gasteiger partial charge in [0.05, 0.1) is 19.2 Å². The number of nitrogens with zero attached hydrogens (tertiary/aromatic N) is 1. The molecule has 7 heteroatoms. The highest BCUT2D eigenvalue weighted by Crippen LogP contribution is 2.52. The van der Waals surface area contributed by atoms with E-state index < -0.39 is 0 Å². The van der Waals surface area contributed by atoms with Crippen LogP contribution in [-0.2, 0) is 9.53 Å². The third-order valence-electron chi connectivity index (χ3n) is 6.22. The second-order valence-corrected chi connectivity index (χ2v) is 8.60. The maximum atomic E-state index is 12.6. The van der Waals surface area contributed by atoms with E-state index in [1.165, 1.54) is 36.2 Å². The van der Waals surface area contributed by atoms with Gasteiger partial charge in [0.25, 0.3) is 5.56 Å². The van der Waals surface area contributed by atoms with Crippen molar-refractivity contribution in [2.45, 2.75) is 36.9 Å². The Labute approximate surface area is 162 Å². The zero-order valence-corrected chi connectivity index (χ0v) is 16.2. The number of aromatic amines is 1. The number of carbonyl (C=O) groups excluding carboxylic acids is 1. The third kappa shape index (κ3) is 3.22. The van der Waals surface area contributed by atoms with E-state index in [9.17, 15) is 9.59 Å². The molecule has 2 saturated carbocycles. The maximum absolute atomic E-state index is 12.6. The van der Waals surface area contributed by atoms with Crippen molar-refractivity contribution in [2.75, 3.05) is 12.9 Å². The van der Waals surface area contributed by atoms with Crippen LogP contribution >= 0.6 is 11.8 Å². The molecule has 1 saturated heterocycles. The molecule has 1 unspecified atom stereocenters. The molecule has 27 heavy (non-hydrogen) atoms. The van der Waals surface area contributed by atoms with Crippen LogP contribution in [0.4, 0.5) is 0 Å². The number of hydrogen-bond acceptors (Lipinski definition) is 6. The van der Waals surface area contributed by atoms with Gasteiger partial charge < -0.3 is 9.47 Å². The third-order valence-corrected chi connectivity index (χ3v) is 7.22. The van der Waals surface area contributed by atoms with Gasteiger partial charge in [0.2, 0.25) is 5.75 Å². The molecule has 1 aromatic rings. The largest absolute Gasteiger partial charge is 0.490 e. The molecule has 1 N–H and O–H groups in total. The molecule has 0 radical (unpaired) electrons. The standard InChI is InChI=1S/C20H24N2O4S/c1-10-4-7-13-14(9-27-20-21-8-15(25-3)18(23)22-20)19(24)26-17(13)16-11(2)5-6-12(10)16/h8,12-14,16-17H,1-2,4-7,9H2,3H3,(H,21,22,23)/t12?,13-,14-,16-,17-/m0/s1. The smallest absolute Gasteiger partial charge is 0.310 e. The SMILES string of the molecule is C=C1CC[C@@H]2[C@H](OC(=O)[C@H]2CSc2ncc(OC)c(=O)[nH]2)[C@H]2C(=C)CCC12. The average Bonchev–Trinajstić information content (AvgIpc) is 3.13. The van der Waals surface area contributed by atoms with Crippen LogP contribution < -0.4 is 10.3 Å². The number of fused-ring (bicyclic) bond motifs is 3.